The molecule has 4 rings (SSSR count). The highest BCUT2D eigenvalue weighted by molar-refractivity contribution is 7.89. The summed E-state index contributed by atoms with van der Waals surface area (Å²) in [4.78, 5) is 15.5. The summed E-state index contributed by atoms with van der Waals surface area (Å²) in [5.74, 6) is 0.451. The van der Waals surface area contributed by atoms with Crippen LogP contribution in [-0.4, -0.2) is 62.8 Å². The average Bonchev–Trinajstić information content (AvgIpc) is 3.18. The number of rotatable bonds is 4. The molecule has 2 saturated heterocycles. The second-order valence-electron chi connectivity index (χ2n) is 9.11. The normalized spacial score (nSPS) is 27.0. The number of fused-ring (bicyclic) bond motifs is 1. The highest BCUT2D eigenvalue weighted by Crippen LogP contribution is 2.29. The van der Waals surface area contributed by atoms with E-state index >= 15 is 0 Å². The molecule has 0 saturated carbocycles. The predicted octanol–water partition coefficient (Wildman–Crippen LogP) is 2.03. The van der Waals surface area contributed by atoms with Gasteiger partial charge >= 0.3 is 0 Å². The predicted molar refractivity (Wildman–Crippen MR) is 113 cm³/mol. The van der Waals surface area contributed by atoms with Crippen LogP contribution < -0.4 is 5.32 Å². The first-order valence-corrected chi connectivity index (χ1v) is 12.4. The highest BCUT2D eigenvalue weighted by atomic mass is 32.2. The summed E-state index contributed by atoms with van der Waals surface area (Å²) in [6.07, 6.45) is 5.29. The van der Waals surface area contributed by atoms with Crippen LogP contribution in [0.3, 0.4) is 0 Å². The van der Waals surface area contributed by atoms with Crippen molar-refractivity contribution in [1.29, 1.82) is 0 Å². The lowest BCUT2D eigenvalue weighted by molar-refractivity contribution is -0.127. The van der Waals surface area contributed by atoms with E-state index in [1.165, 1.54) is 11.1 Å². The van der Waals surface area contributed by atoms with Crippen molar-refractivity contribution in [1.82, 2.24) is 14.5 Å². The van der Waals surface area contributed by atoms with E-state index in [-0.39, 0.29) is 17.9 Å². The molecule has 2 aliphatic heterocycles. The smallest absolute Gasteiger partial charge is 0.243 e. The molecule has 29 heavy (non-hydrogen) atoms. The van der Waals surface area contributed by atoms with Crippen LogP contribution in [0.4, 0.5) is 0 Å². The highest BCUT2D eigenvalue weighted by Gasteiger charge is 2.34. The quantitative estimate of drug-likeness (QED) is 0.811. The summed E-state index contributed by atoms with van der Waals surface area (Å²) in [6.45, 7) is 5.03. The first-order chi connectivity index (χ1) is 13.8. The van der Waals surface area contributed by atoms with Gasteiger partial charge in [0.15, 0.2) is 0 Å². The molecule has 2 atom stereocenters. The number of carbonyl (C=O) groups excluding carboxylic acids is 1. The molecule has 1 aromatic rings. The summed E-state index contributed by atoms with van der Waals surface area (Å²) in [6, 6.07) is 5.81. The molecule has 3 aliphatic rings. The first kappa shape index (κ1) is 20.8. The molecule has 0 unspecified atom stereocenters. The second kappa shape index (κ2) is 8.36. The lowest BCUT2D eigenvalue weighted by atomic mass is 9.92. The lowest BCUT2D eigenvalue weighted by Crippen LogP contribution is -2.51. The Morgan fingerprint density at radius 3 is 2.52 bits per heavy atom. The van der Waals surface area contributed by atoms with E-state index in [4.69, 9.17) is 0 Å². The number of hydrogen-bond acceptors (Lipinski definition) is 4. The van der Waals surface area contributed by atoms with Crippen LogP contribution in [0.2, 0.25) is 0 Å². The molecule has 1 N–H and O–H groups in total. The fraction of sp³-hybridized carbons (Fsp3) is 0.682. The Kier molecular flexibility index (Phi) is 6.00. The van der Waals surface area contributed by atoms with Gasteiger partial charge in [0.2, 0.25) is 15.9 Å². The van der Waals surface area contributed by atoms with Gasteiger partial charge in [-0.2, -0.15) is 4.31 Å². The Bertz CT molecular complexity index is 862. The van der Waals surface area contributed by atoms with Gasteiger partial charge in [0.1, 0.15) is 0 Å². The largest absolute Gasteiger partial charge is 0.353 e. The van der Waals surface area contributed by atoms with Crippen LogP contribution in [0.15, 0.2) is 23.1 Å². The van der Waals surface area contributed by atoms with Crippen LogP contribution >= 0.6 is 0 Å². The molecule has 1 aliphatic carbocycles. The molecule has 0 radical (unpaired) electrons. The Morgan fingerprint density at radius 2 is 1.79 bits per heavy atom. The molecule has 7 heteroatoms. The molecule has 6 nitrogen and oxygen atoms in total. The van der Waals surface area contributed by atoms with Gasteiger partial charge in [-0.05, 0) is 81.3 Å². The summed E-state index contributed by atoms with van der Waals surface area (Å²) in [5, 5.41) is 3.24. The Hall–Kier alpha value is -1.44. The van der Waals surface area contributed by atoms with E-state index < -0.39 is 10.0 Å². The number of nitrogens with one attached hydrogen (secondary N) is 1. The fourth-order valence-corrected chi connectivity index (χ4v) is 6.61. The van der Waals surface area contributed by atoms with Gasteiger partial charge in [-0.1, -0.05) is 13.0 Å². The molecule has 0 spiro atoms. The molecule has 2 fully saturated rings. The fourth-order valence-electron chi connectivity index (χ4n) is 5.09. The third-order valence-electron chi connectivity index (χ3n) is 6.97. The molecule has 2 heterocycles. The molecule has 0 aromatic heterocycles. The van der Waals surface area contributed by atoms with Crippen LogP contribution in [0, 0.1) is 11.8 Å². The van der Waals surface area contributed by atoms with Crippen LogP contribution in [0.25, 0.3) is 0 Å². The zero-order valence-corrected chi connectivity index (χ0v) is 18.4. The number of amides is 1. The molecular formula is C22H33N3O3S. The minimum atomic E-state index is -3.48. The van der Waals surface area contributed by atoms with E-state index in [9.17, 15) is 13.2 Å². The van der Waals surface area contributed by atoms with Crippen molar-refractivity contribution in [3.05, 3.63) is 29.3 Å². The maximum atomic E-state index is 13.1. The zero-order valence-electron chi connectivity index (χ0n) is 17.6. The third kappa shape index (κ3) is 4.37. The summed E-state index contributed by atoms with van der Waals surface area (Å²) in [7, 11) is -1.36. The number of aryl methyl sites for hydroxylation is 2. The van der Waals surface area contributed by atoms with Crippen LogP contribution in [-0.2, 0) is 27.7 Å². The Balaban J connectivity index is 1.34. The van der Waals surface area contributed by atoms with Crippen molar-refractivity contribution in [2.45, 2.75) is 56.4 Å². The SMILES string of the molecule is C[C@@H]1CN(C)CC[C@@H]1NC(=O)C1CCN(S(=O)(=O)c2ccc3c(c2)CCC3)CC1. The van der Waals surface area contributed by atoms with Crippen LogP contribution in [0.1, 0.15) is 43.7 Å². The number of likely N-dealkylation sites (tertiary alicyclic amines) is 1. The van der Waals surface area contributed by atoms with E-state index in [1.54, 1.807) is 10.4 Å². The minimum Gasteiger partial charge on any atom is -0.353 e. The second-order valence-corrected chi connectivity index (χ2v) is 11.0. The van der Waals surface area contributed by atoms with Crippen molar-refractivity contribution in [2.75, 3.05) is 33.2 Å². The van der Waals surface area contributed by atoms with E-state index in [0.717, 1.165) is 38.8 Å². The topological polar surface area (TPSA) is 69.7 Å². The number of piperidine rings is 2. The van der Waals surface area contributed by atoms with Gasteiger partial charge in [0, 0.05) is 31.6 Å². The molecule has 0 bridgehead atoms. The number of sulfonamides is 1. The van der Waals surface area contributed by atoms with Crippen molar-refractivity contribution < 1.29 is 13.2 Å². The molecular weight excluding hydrogens is 386 g/mol. The molecule has 1 aromatic carbocycles. The van der Waals surface area contributed by atoms with E-state index in [2.05, 4.69) is 24.2 Å². The van der Waals surface area contributed by atoms with Gasteiger partial charge in [0.25, 0.3) is 0 Å². The number of nitrogens with zero attached hydrogens (tertiary/aromatic N) is 2. The maximum absolute atomic E-state index is 13.1. The first-order valence-electron chi connectivity index (χ1n) is 11.0. The molecule has 1 amide bonds. The number of benzene rings is 1. The zero-order chi connectivity index (χ0) is 20.6. The monoisotopic (exact) mass is 419 g/mol. The number of carbonyl (C=O) groups is 1. The van der Waals surface area contributed by atoms with Gasteiger partial charge < -0.3 is 10.2 Å². The number of hydrogen-bond donors (Lipinski definition) is 1. The Labute approximate surface area is 174 Å². The Morgan fingerprint density at radius 1 is 1.07 bits per heavy atom. The minimum absolute atomic E-state index is 0.0895. The lowest BCUT2D eigenvalue weighted by Gasteiger charge is -2.37. The maximum Gasteiger partial charge on any atom is 0.243 e. The summed E-state index contributed by atoms with van der Waals surface area (Å²) < 4.78 is 27.7. The van der Waals surface area contributed by atoms with E-state index in [0.29, 0.717) is 36.7 Å². The van der Waals surface area contributed by atoms with Crippen molar-refractivity contribution in [3.8, 4) is 0 Å². The molecule has 160 valence electrons. The van der Waals surface area contributed by atoms with Gasteiger partial charge in [-0.25, -0.2) is 8.42 Å². The van der Waals surface area contributed by atoms with Crippen molar-refractivity contribution in [2.24, 2.45) is 11.8 Å². The van der Waals surface area contributed by atoms with Crippen LogP contribution in [0.5, 0.6) is 0 Å². The van der Waals surface area contributed by atoms with Gasteiger partial charge in [0.05, 0.1) is 4.90 Å². The van der Waals surface area contributed by atoms with E-state index in [1.807, 2.05) is 12.1 Å². The van der Waals surface area contributed by atoms with Crippen molar-refractivity contribution >= 4 is 15.9 Å². The summed E-state index contributed by atoms with van der Waals surface area (Å²) >= 11 is 0. The summed E-state index contributed by atoms with van der Waals surface area (Å²) in [5.41, 5.74) is 2.45. The standard InChI is InChI=1S/C22H33N3O3S/c1-16-15-24(2)11-10-21(16)23-22(26)18-8-12-25(13-9-18)29(27,28)20-7-6-17-4-3-5-19(17)14-20/h6-7,14,16,18,21H,3-5,8-13,15H2,1-2H3,(H,23,26)/t16-,21+/m1/s1. The van der Waals surface area contributed by atoms with Crippen molar-refractivity contribution in [3.63, 3.8) is 0 Å². The average molecular weight is 420 g/mol. The third-order valence-corrected chi connectivity index (χ3v) is 8.86. The van der Waals surface area contributed by atoms with Gasteiger partial charge in [-0.15, -0.1) is 0 Å². The van der Waals surface area contributed by atoms with Gasteiger partial charge in [-0.3, -0.25) is 4.79 Å².